The molecule has 1 aromatic rings. The number of carbonyl (C=O) groups excluding carboxylic acids is 2. The number of rotatable bonds is 5. The van der Waals surface area contributed by atoms with Crippen molar-refractivity contribution < 1.29 is 31.9 Å². The number of nitrogens with zero attached hydrogens (tertiary/aromatic N) is 2. The van der Waals surface area contributed by atoms with Gasteiger partial charge in [0.15, 0.2) is 21.4 Å². The Hall–Kier alpha value is -2.20. The van der Waals surface area contributed by atoms with Gasteiger partial charge in [-0.15, -0.1) is 0 Å². The summed E-state index contributed by atoms with van der Waals surface area (Å²) < 4.78 is 48.2. The third-order valence-corrected chi connectivity index (χ3v) is 7.11. The standard InChI is InChI=1S/C23H33FN2O6S/c1-23(2,3)32-22(28)26-12-11-25(14-21(26)27)17-7-5-16(6-8-17)15-31-20-10-9-18(13-19(20)24)33(4,29)30/h9-10,13,16-17H,5-8,11-12,14-15H2,1-4H3. The number of sulfone groups is 1. The van der Waals surface area contributed by atoms with Crippen molar-refractivity contribution in [2.45, 2.75) is 63.0 Å². The van der Waals surface area contributed by atoms with Gasteiger partial charge in [0.1, 0.15) is 5.60 Å². The number of piperazine rings is 1. The largest absolute Gasteiger partial charge is 0.490 e. The summed E-state index contributed by atoms with van der Waals surface area (Å²) in [6.45, 7) is 6.80. The molecule has 1 aliphatic carbocycles. The van der Waals surface area contributed by atoms with Crippen LogP contribution in [0.1, 0.15) is 46.5 Å². The molecule has 184 valence electrons. The molecule has 0 spiro atoms. The Labute approximate surface area is 194 Å². The molecular weight excluding hydrogens is 451 g/mol. The van der Waals surface area contributed by atoms with Crippen molar-refractivity contribution in [1.82, 2.24) is 9.80 Å². The van der Waals surface area contributed by atoms with Crippen LogP contribution in [0.3, 0.4) is 0 Å². The highest BCUT2D eigenvalue weighted by Gasteiger charge is 2.35. The van der Waals surface area contributed by atoms with E-state index in [1.165, 1.54) is 17.0 Å². The minimum absolute atomic E-state index is 0.0494. The molecule has 2 aliphatic rings. The lowest BCUT2D eigenvalue weighted by atomic mass is 9.85. The molecule has 3 rings (SSSR count). The van der Waals surface area contributed by atoms with E-state index in [0.29, 0.717) is 19.7 Å². The molecular formula is C23H33FN2O6S. The number of hydrogen-bond donors (Lipinski definition) is 0. The van der Waals surface area contributed by atoms with Gasteiger partial charge in [-0.2, -0.15) is 0 Å². The molecule has 1 aromatic carbocycles. The molecule has 0 atom stereocenters. The highest BCUT2D eigenvalue weighted by Crippen LogP contribution is 2.30. The van der Waals surface area contributed by atoms with Crippen LogP contribution in [0.25, 0.3) is 0 Å². The van der Waals surface area contributed by atoms with E-state index in [2.05, 4.69) is 4.90 Å². The Morgan fingerprint density at radius 3 is 2.36 bits per heavy atom. The Bertz CT molecular complexity index is 983. The fourth-order valence-electron chi connectivity index (χ4n) is 4.23. The third kappa shape index (κ3) is 6.89. The van der Waals surface area contributed by atoms with Crippen LogP contribution in [0.5, 0.6) is 5.75 Å². The summed E-state index contributed by atoms with van der Waals surface area (Å²) in [5.41, 5.74) is -0.645. The van der Waals surface area contributed by atoms with Gasteiger partial charge in [-0.25, -0.2) is 22.5 Å². The highest BCUT2D eigenvalue weighted by molar-refractivity contribution is 7.90. The van der Waals surface area contributed by atoms with Crippen molar-refractivity contribution in [2.75, 3.05) is 32.5 Å². The Morgan fingerprint density at radius 1 is 1.15 bits per heavy atom. The van der Waals surface area contributed by atoms with Gasteiger partial charge in [0.05, 0.1) is 18.0 Å². The monoisotopic (exact) mass is 484 g/mol. The summed E-state index contributed by atoms with van der Waals surface area (Å²) in [5, 5.41) is 0. The van der Waals surface area contributed by atoms with Crippen LogP contribution in [0.4, 0.5) is 9.18 Å². The van der Waals surface area contributed by atoms with Crippen LogP contribution < -0.4 is 4.74 Å². The maximum absolute atomic E-state index is 14.2. The van der Waals surface area contributed by atoms with Gasteiger partial charge in [-0.3, -0.25) is 9.69 Å². The van der Waals surface area contributed by atoms with E-state index in [1.807, 2.05) is 0 Å². The minimum atomic E-state index is -3.47. The van der Waals surface area contributed by atoms with Crippen LogP contribution in [-0.4, -0.2) is 74.4 Å². The van der Waals surface area contributed by atoms with Gasteiger partial charge >= 0.3 is 6.09 Å². The quantitative estimate of drug-likeness (QED) is 0.633. The van der Waals surface area contributed by atoms with E-state index < -0.39 is 27.3 Å². The van der Waals surface area contributed by atoms with E-state index in [-0.39, 0.29) is 35.1 Å². The number of benzene rings is 1. The molecule has 1 saturated carbocycles. The number of amides is 2. The number of hydrogen-bond acceptors (Lipinski definition) is 7. The van der Waals surface area contributed by atoms with Crippen LogP contribution in [0, 0.1) is 11.7 Å². The molecule has 0 N–H and O–H groups in total. The minimum Gasteiger partial charge on any atom is -0.490 e. The Kier molecular flexibility index (Phi) is 7.68. The van der Waals surface area contributed by atoms with Crippen molar-refractivity contribution in [1.29, 1.82) is 0 Å². The zero-order chi connectivity index (χ0) is 24.4. The lowest BCUT2D eigenvalue weighted by Gasteiger charge is -2.40. The normalized spacial score (nSPS) is 22.8. The Morgan fingerprint density at radius 2 is 1.82 bits per heavy atom. The average molecular weight is 485 g/mol. The van der Waals surface area contributed by atoms with E-state index >= 15 is 0 Å². The first-order valence-electron chi connectivity index (χ1n) is 11.2. The summed E-state index contributed by atoms with van der Waals surface area (Å²) in [6, 6.07) is 3.94. The third-order valence-electron chi connectivity index (χ3n) is 6.00. The first-order chi connectivity index (χ1) is 15.3. The topological polar surface area (TPSA) is 93.2 Å². The fourth-order valence-corrected chi connectivity index (χ4v) is 4.86. The molecule has 0 unspecified atom stereocenters. The van der Waals surface area contributed by atoms with E-state index in [9.17, 15) is 22.4 Å². The first kappa shape index (κ1) is 25.4. The van der Waals surface area contributed by atoms with Gasteiger partial charge in [0.25, 0.3) is 0 Å². The Balaban J connectivity index is 1.45. The predicted octanol–water partition coefficient (Wildman–Crippen LogP) is 3.25. The zero-order valence-electron chi connectivity index (χ0n) is 19.7. The molecule has 2 fully saturated rings. The number of halogens is 1. The summed E-state index contributed by atoms with van der Waals surface area (Å²) in [4.78, 5) is 28.0. The molecule has 1 heterocycles. The van der Waals surface area contributed by atoms with E-state index in [4.69, 9.17) is 9.47 Å². The second-order valence-electron chi connectivity index (χ2n) is 9.85. The zero-order valence-corrected chi connectivity index (χ0v) is 20.5. The summed E-state index contributed by atoms with van der Waals surface area (Å²) in [6.07, 6.45) is 3.99. The number of imide groups is 1. The highest BCUT2D eigenvalue weighted by atomic mass is 32.2. The summed E-state index contributed by atoms with van der Waals surface area (Å²) in [5.74, 6) is -0.621. The lowest BCUT2D eigenvalue weighted by Crippen LogP contribution is -2.56. The van der Waals surface area contributed by atoms with Crippen LogP contribution >= 0.6 is 0 Å². The second kappa shape index (κ2) is 9.97. The smallest absolute Gasteiger partial charge is 0.417 e. The molecule has 0 radical (unpaired) electrons. The summed E-state index contributed by atoms with van der Waals surface area (Å²) >= 11 is 0. The molecule has 10 heteroatoms. The van der Waals surface area contributed by atoms with E-state index in [0.717, 1.165) is 38.0 Å². The fraction of sp³-hybridized carbons (Fsp3) is 0.652. The maximum Gasteiger partial charge on any atom is 0.417 e. The maximum atomic E-state index is 14.2. The number of carbonyl (C=O) groups is 2. The first-order valence-corrected chi connectivity index (χ1v) is 13.1. The van der Waals surface area contributed by atoms with Crippen molar-refractivity contribution in [2.24, 2.45) is 5.92 Å². The molecule has 2 amide bonds. The molecule has 1 saturated heterocycles. The average Bonchev–Trinajstić information content (AvgIpc) is 2.71. The molecule has 8 nitrogen and oxygen atoms in total. The molecule has 33 heavy (non-hydrogen) atoms. The van der Waals surface area contributed by atoms with Gasteiger partial charge in [0, 0.05) is 25.4 Å². The van der Waals surface area contributed by atoms with Crippen LogP contribution in [-0.2, 0) is 19.4 Å². The molecule has 1 aliphatic heterocycles. The van der Waals surface area contributed by atoms with Gasteiger partial charge in [-0.05, 0) is 70.6 Å². The van der Waals surface area contributed by atoms with Crippen molar-refractivity contribution in [3.8, 4) is 5.75 Å². The van der Waals surface area contributed by atoms with Crippen molar-refractivity contribution in [3.05, 3.63) is 24.0 Å². The second-order valence-corrected chi connectivity index (χ2v) is 11.9. The lowest BCUT2D eigenvalue weighted by molar-refractivity contribution is -0.136. The molecule has 0 aromatic heterocycles. The van der Waals surface area contributed by atoms with Crippen LogP contribution in [0.15, 0.2) is 23.1 Å². The van der Waals surface area contributed by atoms with Crippen molar-refractivity contribution >= 4 is 21.8 Å². The number of ether oxygens (including phenoxy) is 2. The SMILES string of the molecule is CC(C)(C)OC(=O)N1CCN(C2CCC(COc3ccc(S(C)(=O)=O)cc3F)CC2)CC1=O. The van der Waals surface area contributed by atoms with E-state index in [1.54, 1.807) is 20.8 Å². The molecule has 0 bridgehead atoms. The van der Waals surface area contributed by atoms with Gasteiger partial charge in [-0.1, -0.05) is 0 Å². The van der Waals surface area contributed by atoms with Crippen LogP contribution in [0.2, 0.25) is 0 Å². The van der Waals surface area contributed by atoms with Gasteiger partial charge < -0.3 is 9.47 Å². The van der Waals surface area contributed by atoms with Gasteiger partial charge in [0.2, 0.25) is 5.91 Å². The van der Waals surface area contributed by atoms with Crippen molar-refractivity contribution in [3.63, 3.8) is 0 Å². The summed E-state index contributed by atoms with van der Waals surface area (Å²) in [7, 11) is -3.47. The predicted molar refractivity (Wildman–Crippen MR) is 120 cm³/mol.